The van der Waals surface area contributed by atoms with Crippen LogP contribution in [0.15, 0.2) is 128 Å². The minimum absolute atomic E-state index is 0.666. The lowest BCUT2D eigenvalue weighted by Crippen LogP contribution is -2.00. The summed E-state index contributed by atoms with van der Waals surface area (Å²) in [5.74, 6) is 1.33. The summed E-state index contributed by atoms with van der Waals surface area (Å²) in [7, 11) is 0. The normalized spacial score (nSPS) is 11.6. The molecule has 2 aromatic carbocycles. The van der Waals surface area contributed by atoms with Gasteiger partial charge in [-0.25, -0.2) is 24.9 Å². The fourth-order valence-corrected chi connectivity index (χ4v) is 5.86. The molecule has 9 aromatic rings. The zero-order valence-corrected chi connectivity index (χ0v) is 23.1. The van der Waals surface area contributed by atoms with Crippen LogP contribution in [0.4, 0.5) is 0 Å². The van der Waals surface area contributed by atoms with Gasteiger partial charge in [-0.1, -0.05) is 60.7 Å². The van der Waals surface area contributed by atoms with Crippen LogP contribution in [-0.4, -0.2) is 44.0 Å². The molecule has 0 aliphatic rings. The maximum atomic E-state index is 5.21. The molecule has 0 saturated carbocycles. The van der Waals surface area contributed by atoms with Crippen LogP contribution in [0.2, 0.25) is 0 Å². The molecule has 9 heteroatoms. The van der Waals surface area contributed by atoms with Crippen LogP contribution in [0, 0.1) is 0 Å². The summed E-state index contributed by atoms with van der Waals surface area (Å²) in [6.07, 6.45) is 11.0. The third-order valence-corrected chi connectivity index (χ3v) is 7.82. The van der Waals surface area contributed by atoms with Crippen molar-refractivity contribution in [1.82, 2.24) is 44.0 Å². The van der Waals surface area contributed by atoms with Crippen molar-refractivity contribution in [2.45, 2.75) is 0 Å². The van der Waals surface area contributed by atoms with E-state index in [1.54, 1.807) is 12.4 Å². The molecule has 0 aliphatic carbocycles. The Labute approximate surface area is 250 Å². The molecule has 0 unspecified atom stereocenters. The number of fused-ring (bicyclic) bond motifs is 6. The molecule has 0 fully saturated rings. The van der Waals surface area contributed by atoms with E-state index < -0.39 is 0 Å². The molecule has 0 saturated heterocycles. The van der Waals surface area contributed by atoms with Crippen molar-refractivity contribution in [1.29, 1.82) is 0 Å². The first kappa shape index (κ1) is 24.3. The monoisotopic (exact) mass is 567 g/mol. The average Bonchev–Trinajstić information content (AvgIpc) is 3.60. The molecule has 9 rings (SSSR count). The molecular formula is C35H21N9. The summed E-state index contributed by atoms with van der Waals surface area (Å²) in [5.41, 5.74) is 10.3. The van der Waals surface area contributed by atoms with E-state index in [1.807, 2.05) is 110 Å². The van der Waals surface area contributed by atoms with Crippen LogP contribution in [0.3, 0.4) is 0 Å². The maximum Gasteiger partial charge on any atom is 0.159 e. The Morgan fingerprint density at radius 1 is 0.386 bits per heavy atom. The van der Waals surface area contributed by atoms with Gasteiger partial charge in [-0.3, -0.25) is 9.97 Å². The van der Waals surface area contributed by atoms with E-state index >= 15 is 0 Å². The van der Waals surface area contributed by atoms with Crippen molar-refractivity contribution < 1.29 is 0 Å². The zero-order valence-electron chi connectivity index (χ0n) is 23.1. The topological polar surface area (TPSA) is 100 Å². The Morgan fingerprint density at radius 2 is 0.818 bits per heavy atom. The van der Waals surface area contributed by atoms with E-state index in [9.17, 15) is 0 Å². The van der Waals surface area contributed by atoms with E-state index in [0.29, 0.717) is 11.6 Å². The summed E-state index contributed by atoms with van der Waals surface area (Å²) >= 11 is 0. The van der Waals surface area contributed by atoms with E-state index in [4.69, 9.17) is 34.9 Å². The molecule has 0 spiro atoms. The van der Waals surface area contributed by atoms with E-state index in [1.165, 1.54) is 0 Å². The van der Waals surface area contributed by atoms with Gasteiger partial charge < -0.3 is 9.13 Å². The number of rotatable bonds is 4. The Kier molecular flexibility index (Phi) is 5.30. The Bertz CT molecular complexity index is 2290. The molecule has 9 nitrogen and oxygen atoms in total. The third kappa shape index (κ3) is 3.69. The standard InChI is InChI=1S/C35H21N9/c1-3-9-22(10-4-1)34-38-18-24(19-39-34)43-26-13-7-15-36-30(26)32-28(43)17-29-33(42-32)31-27(14-8-16-37-31)44(29)25-20-40-35(41-21-25)23-11-5-2-6-12-23/h1-21H. The van der Waals surface area contributed by atoms with Crippen LogP contribution >= 0.6 is 0 Å². The quantitative estimate of drug-likeness (QED) is 0.226. The largest absolute Gasteiger partial charge is 0.303 e. The molecule has 0 N–H and O–H groups in total. The Hall–Kier alpha value is -6.35. The van der Waals surface area contributed by atoms with Crippen LogP contribution < -0.4 is 0 Å². The van der Waals surface area contributed by atoms with Gasteiger partial charge in [-0.2, -0.15) is 0 Å². The van der Waals surface area contributed by atoms with Gasteiger partial charge >= 0.3 is 0 Å². The summed E-state index contributed by atoms with van der Waals surface area (Å²) in [4.78, 5) is 33.5. The number of benzene rings is 2. The Balaban J connectivity index is 1.29. The van der Waals surface area contributed by atoms with Gasteiger partial charge in [0.05, 0.1) is 58.2 Å². The second-order valence-corrected chi connectivity index (χ2v) is 10.4. The molecule has 0 radical (unpaired) electrons. The number of pyridine rings is 3. The van der Waals surface area contributed by atoms with E-state index in [-0.39, 0.29) is 0 Å². The third-order valence-electron chi connectivity index (χ3n) is 7.82. The van der Waals surface area contributed by atoms with Gasteiger partial charge in [0, 0.05) is 23.5 Å². The minimum atomic E-state index is 0.666. The fourth-order valence-electron chi connectivity index (χ4n) is 5.86. The summed E-state index contributed by atoms with van der Waals surface area (Å²) in [5, 5.41) is 0. The Morgan fingerprint density at radius 3 is 1.25 bits per heavy atom. The number of hydrogen-bond donors (Lipinski definition) is 0. The lowest BCUT2D eigenvalue weighted by atomic mass is 10.2. The zero-order chi connectivity index (χ0) is 29.0. The van der Waals surface area contributed by atoms with Crippen molar-refractivity contribution in [2.24, 2.45) is 0 Å². The first-order valence-electron chi connectivity index (χ1n) is 14.1. The van der Waals surface area contributed by atoms with Crippen molar-refractivity contribution in [3.8, 4) is 34.2 Å². The number of nitrogens with zero attached hydrogens (tertiary/aromatic N) is 9. The molecule has 7 heterocycles. The second-order valence-electron chi connectivity index (χ2n) is 10.4. The van der Waals surface area contributed by atoms with Gasteiger partial charge in [-0.15, -0.1) is 0 Å². The fraction of sp³-hybridized carbons (Fsp3) is 0. The summed E-state index contributed by atoms with van der Waals surface area (Å²) in [6.45, 7) is 0. The SMILES string of the molecule is c1ccc(-c2ncc(-n3c4cccnc4c4nc5c6ncccc6n(-c6cnc(-c7ccccc7)nc6)c5cc43)cn2)cc1. The van der Waals surface area contributed by atoms with E-state index in [0.717, 1.165) is 66.6 Å². The molecule has 7 aromatic heterocycles. The van der Waals surface area contributed by atoms with Crippen LogP contribution in [0.5, 0.6) is 0 Å². The molecule has 0 atom stereocenters. The predicted octanol–water partition coefficient (Wildman–Crippen LogP) is 6.98. The molecule has 44 heavy (non-hydrogen) atoms. The highest BCUT2D eigenvalue weighted by molar-refractivity contribution is 6.13. The first-order chi connectivity index (χ1) is 21.8. The highest BCUT2D eigenvalue weighted by Gasteiger charge is 2.21. The summed E-state index contributed by atoms with van der Waals surface area (Å²) in [6, 6.07) is 30.0. The lowest BCUT2D eigenvalue weighted by Gasteiger charge is -2.09. The molecule has 0 aliphatic heterocycles. The number of aromatic nitrogens is 9. The average molecular weight is 568 g/mol. The van der Waals surface area contributed by atoms with Crippen molar-refractivity contribution >= 4 is 44.1 Å². The summed E-state index contributed by atoms with van der Waals surface area (Å²) < 4.78 is 4.23. The maximum absolute atomic E-state index is 5.21. The molecule has 0 amide bonds. The second kappa shape index (κ2) is 9.60. The molecule has 0 bridgehead atoms. The van der Waals surface area contributed by atoms with Crippen LogP contribution in [0.25, 0.3) is 78.3 Å². The van der Waals surface area contributed by atoms with Crippen LogP contribution in [0.1, 0.15) is 0 Å². The number of hydrogen-bond acceptors (Lipinski definition) is 7. The van der Waals surface area contributed by atoms with Crippen LogP contribution in [-0.2, 0) is 0 Å². The first-order valence-corrected chi connectivity index (χ1v) is 14.1. The van der Waals surface area contributed by atoms with Gasteiger partial charge in [0.2, 0.25) is 0 Å². The van der Waals surface area contributed by atoms with E-state index in [2.05, 4.69) is 15.2 Å². The highest BCUT2D eigenvalue weighted by atomic mass is 15.1. The van der Waals surface area contributed by atoms with Gasteiger partial charge in [0.15, 0.2) is 11.6 Å². The minimum Gasteiger partial charge on any atom is -0.303 e. The predicted molar refractivity (Wildman–Crippen MR) is 171 cm³/mol. The van der Waals surface area contributed by atoms with Gasteiger partial charge in [0.1, 0.15) is 22.1 Å². The van der Waals surface area contributed by atoms with Gasteiger partial charge in [0.25, 0.3) is 0 Å². The molecular weight excluding hydrogens is 546 g/mol. The van der Waals surface area contributed by atoms with Gasteiger partial charge in [-0.05, 0) is 30.3 Å². The van der Waals surface area contributed by atoms with Crippen molar-refractivity contribution in [2.75, 3.05) is 0 Å². The highest BCUT2D eigenvalue weighted by Crippen LogP contribution is 2.36. The van der Waals surface area contributed by atoms with Crippen molar-refractivity contribution in [3.05, 3.63) is 128 Å². The smallest absolute Gasteiger partial charge is 0.159 e. The van der Waals surface area contributed by atoms with Crippen molar-refractivity contribution in [3.63, 3.8) is 0 Å². The molecule has 206 valence electrons. The lowest BCUT2D eigenvalue weighted by molar-refractivity contribution is 1.07.